The van der Waals surface area contributed by atoms with Crippen LogP contribution in [0.2, 0.25) is 0 Å². The number of aliphatic imine (C=N–C) groups is 1. The van der Waals surface area contributed by atoms with Gasteiger partial charge in [0.25, 0.3) is 5.91 Å². The molecule has 0 aliphatic carbocycles. The van der Waals surface area contributed by atoms with Crippen LogP contribution < -0.4 is 0 Å². The third-order valence-corrected chi connectivity index (χ3v) is 1.94. The van der Waals surface area contributed by atoms with Gasteiger partial charge >= 0.3 is 0 Å². The Morgan fingerprint density at radius 2 is 2.08 bits per heavy atom. The van der Waals surface area contributed by atoms with Crippen LogP contribution in [0.4, 0.5) is 0 Å². The van der Waals surface area contributed by atoms with Gasteiger partial charge in [-0.1, -0.05) is 30.3 Å². The zero-order valence-corrected chi connectivity index (χ0v) is 7.01. The second kappa shape index (κ2) is 3.39. The molecule has 0 N–H and O–H groups in total. The number of carbonyl (C=O) groups excluding carboxylic acids is 1. The molecule has 1 atom stereocenters. The van der Waals surface area contributed by atoms with Gasteiger partial charge in [-0.15, -0.1) is 0 Å². The number of hydrogen-bond donors (Lipinski definition) is 0. The van der Waals surface area contributed by atoms with Gasteiger partial charge in [0.15, 0.2) is 12.5 Å². The number of hydrogen-bond acceptors (Lipinski definition) is 2. The van der Waals surface area contributed by atoms with E-state index < -0.39 is 6.10 Å². The molecule has 1 aromatic carbocycles. The summed E-state index contributed by atoms with van der Waals surface area (Å²) in [6, 6.07) is 9.76. The maximum atomic E-state index is 11.1. The lowest BCUT2D eigenvalue weighted by molar-refractivity contribution is -0.122. The van der Waals surface area contributed by atoms with Crippen molar-refractivity contribution in [3.8, 4) is 0 Å². The highest BCUT2D eigenvalue weighted by Gasteiger charge is 2.22. The Kier molecular flexibility index (Phi) is 2.08. The predicted molar refractivity (Wildman–Crippen MR) is 48.5 cm³/mol. The van der Waals surface area contributed by atoms with E-state index in [2.05, 4.69) is 4.99 Å². The van der Waals surface area contributed by atoms with Gasteiger partial charge in [0.1, 0.15) is 0 Å². The smallest absolute Gasteiger partial charge is 0.289 e. The molecule has 1 heterocycles. The third-order valence-electron chi connectivity index (χ3n) is 1.94. The second-order valence-corrected chi connectivity index (χ2v) is 2.89. The largest absolute Gasteiger partial charge is 0.470 e. The molecule has 0 saturated carbocycles. The van der Waals surface area contributed by atoms with E-state index in [1.807, 2.05) is 30.3 Å². The fourth-order valence-corrected chi connectivity index (χ4v) is 1.26. The average Bonchev–Trinajstić information content (AvgIpc) is 2.54. The predicted octanol–water partition coefficient (Wildman–Crippen LogP) is 1.18. The molecule has 2 rings (SSSR count). The van der Waals surface area contributed by atoms with E-state index in [9.17, 15) is 4.79 Å². The minimum Gasteiger partial charge on any atom is -0.470 e. The Balaban J connectivity index is 2.03. The number of nitrogens with zero attached hydrogens (tertiary/aromatic N) is 1. The van der Waals surface area contributed by atoms with Gasteiger partial charge in [-0.2, -0.15) is 4.99 Å². The summed E-state index contributed by atoms with van der Waals surface area (Å²) in [5.41, 5.74) is 1.09. The normalized spacial score (nSPS) is 20.3. The molecule has 66 valence electrons. The van der Waals surface area contributed by atoms with Crippen LogP contribution in [-0.4, -0.2) is 18.4 Å². The molecule has 1 amide bonds. The molecule has 3 heteroatoms. The fourth-order valence-electron chi connectivity index (χ4n) is 1.26. The number of rotatable bonds is 2. The van der Waals surface area contributed by atoms with E-state index in [0.29, 0.717) is 6.42 Å². The molecule has 0 radical (unpaired) electrons. The van der Waals surface area contributed by atoms with E-state index in [1.165, 1.54) is 6.40 Å². The van der Waals surface area contributed by atoms with E-state index in [4.69, 9.17) is 4.74 Å². The zero-order valence-electron chi connectivity index (χ0n) is 7.01. The van der Waals surface area contributed by atoms with Crippen molar-refractivity contribution in [2.75, 3.05) is 0 Å². The minimum atomic E-state index is -0.414. The van der Waals surface area contributed by atoms with Crippen molar-refractivity contribution >= 4 is 12.3 Å². The summed E-state index contributed by atoms with van der Waals surface area (Å²) in [6.45, 7) is 0. The maximum absolute atomic E-state index is 11.1. The summed E-state index contributed by atoms with van der Waals surface area (Å²) in [5, 5.41) is 0. The maximum Gasteiger partial charge on any atom is 0.289 e. The summed E-state index contributed by atoms with van der Waals surface area (Å²) in [7, 11) is 0. The van der Waals surface area contributed by atoms with Crippen LogP contribution in [0.25, 0.3) is 0 Å². The number of benzene rings is 1. The van der Waals surface area contributed by atoms with Gasteiger partial charge in [-0.25, -0.2) is 0 Å². The Morgan fingerprint density at radius 3 is 2.69 bits per heavy atom. The van der Waals surface area contributed by atoms with Crippen LogP contribution in [0.1, 0.15) is 5.56 Å². The molecule has 0 fully saturated rings. The molecular formula is C10H9NO2. The van der Waals surface area contributed by atoms with Crippen molar-refractivity contribution in [1.29, 1.82) is 0 Å². The van der Waals surface area contributed by atoms with Gasteiger partial charge < -0.3 is 4.74 Å². The van der Waals surface area contributed by atoms with Crippen molar-refractivity contribution in [3.63, 3.8) is 0 Å². The molecule has 1 aliphatic rings. The summed E-state index contributed by atoms with van der Waals surface area (Å²) in [6.07, 6.45) is 1.40. The molecule has 0 bridgehead atoms. The first-order chi connectivity index (χ1) is 6.36. The second-order valence-electron chi connectivity index (χ2n) is 2.89. The monoisotopic (exact) mass is 175 g/mol. The lowest BCUT2D eigenvalue weighted by Crippen LogP contribution is -2.18. The highest BCUT2D eigenvalue weighted by molar-refractivity contribution is 5.91. The van der Waals surface area contributed by atoms with E-state index in [-0.39, 0.29) is 5.91 Å². The summed E-state index contributed by atoms with van der Waals surface area (Å²) in [5.74, 6) is -0.191. The number of carbonyl (C=O) groups is 1. The Morgan fingerprint density at radius 1 is 1.31 bits per heavy atom. The SMILES string of the molecule is O=C1N=CO[C@@H]1Cc1ccccc1. The van der Waals surface area contributed by atoms with Gasteiger partial charge in [0.2, 0.25) is 0 Å². The van der Waals surface area contributed by atoms with E-state index in [0.717, 1.165) is 5.56 Å². The molecule has 0 saturated heterocycles. The number of ether oxygens (including phenoxy) is 1. The first-order valence-corrected chi connectivity index (χ1v) is 4.12. The Bertz CT molecular complexity index is 332. The van der Waals surface area contributed by atoms with Crippen LogP contribution in [0, 0.1) is 0 Å². The van der Waals surface area contributed by atoms with Crippen molar-refractivity contribution < 1.29 is 9.53 Å². The molecule has 1 aliphatic heterocycles. The summed E-state index contributed by atoms with van der Waals surface area (Å²) in [4.78, 5) is 14.6. The Labute approximate surface area is 76.1 Å². The lowest BCUT2D eigenvalue weighted by atomic mass is 10.1. The van der Waals surface area contributed by atoms with Crippen LogP contribution in [0.5, 0.6) is 0 Å². The van der Waals surface area contributed by atoms with Crippen LogP contribution >= 0.6 is 0 Å². The molecule has 0 aromatic heterocycles. The lowest BCUT2D eigenvalue weighted by Gasteiger charge is -2.06. The average molecular weight is 175 g/mol. The quantitative estimate of drug-likeness (QED) is 0.677. The van der Waals surface area contributed by atoms with Crippen molar-refractivity contribution in [1.82, 2.24) is 0 Å². The van der Waals surface area contributed by atoms with Gasteiger partial charge in [-0.3, -0.25) is 4.79 Å². The first-order valence-electron chi connectivity index (χ1n) is 4.12. The van der Waals surface area contributed by atoms with E-state index in [1.54, 1.807) is 0 Å². The molecular weight excluding hydrogens is 166 g/mol. The third kappa shape index (κ3) is 1.75. The number of amides is 1. The molecule has 0 spiro atoms. The van der Waals surface area contributed by atoms with Crippen molar-refractivity contribution in [2.24, 2.45) is 4.99 Å². The van der Waals surface area contributed by atoms with Crippen LogP contribution in [-0.2, 0) is 16.0 Å². The summed E-state index contributed by atoms with van der Waals surface area (Å²) >= 11 is 0. The van der Waals surface area contributed by atoms with Gasteiger partial charge in [-0.05, 0) is 5.56 Å². The van der Waals surface area contributed by atoms with Crippen molar-refractivity contribution in [3.05, 3.63) is 35.9 Å². The van der Waals surface area contributed by atoms with Gasteiger partial charge in [0, 0.05) is 6.42 Å². The zero-order chi connectivity index (χ0) is 9.10. The van der Waals surface area contributed by atoms with Crippen molar-refractivity contribution in [2.45, 2.75) is 12.5 Å². The van der Waals surface area contributed by atoms with Crippen LogP contribution in [0.15, 0.2) is 35.3 Å². The topological polar surface area (TPSA) is 38.7 Å². The van der Waals surface area contributed by atoms with Gasteiger partial charge in [0.05, 0.1) is 0 Å². The standard InChI is InChI=1S/C10H9NO2/c12-10-9(13-7-11-10)6-8-4-2-1-3-5-8/h1-5,7,9H,6H2/t9-/m1/s1. The summed E-state index contributed by atoms with van der Waals surface area (Å²) < 4.78 is 5.03. The molecule has 3 nitrogen and oxygen atoms in total. The highest BCUT2D eigenvalue weighted by Crippen LogP contribution is 2.09. The van der Waals surface area contributed by atoms with Crippen LogP contribution in [0.3, 0.4) is 0 Å². The Hall–Kier alpha value is -1.64. The van der Waals surface area contributed by atoms with E-state index >= 15 is 0 Å². The molecule has 0 unspecified atom stereocenters. The molecule has 13 heavy (non-hydrogen) atoms. The molecule has 1 aromatic rings. The first kappa shape index (κ1) is 7.98. The highest BCUT2D eigenvalue weighted by atomic mass is 16.5. The minimum absolute atomic E-state index is 0.191. The fraction of sp³-hybridized carbons (Fsp3) is 0.200.